The minimum Gasteiger partial charge on any atom is -0.267 e. The Labute approximate surface area is 117 Å². The van der Waals surface area contributed by atoms with Crippen LogP contribution in [0, 0.1) is 10.1 Å². The molecule has 1 aromatic rings. The van der Waals surface area contributed by atoms with Crippen molar-refractivity contribution in [3.05, 3.63) is 38.9 Å². The lowest BCUT2D eigenvalue weighted by molar-refractivity contribution is -0.384. The molecule has 0 spiro atoms. The number of amides is 1. The zero-order chi connectivity index (χ0) is 13.7. The highest BCUT2D eigenvalue weighted by atomic mass is 35.5. The number of non-ortho nitro benzene ring substituents is 1. The molecule has 0 aliphatic rings. The third kappa shape index (κ3) is 3.72. The maximum Gasteiger partial charge on any atom is 0.280 e. The number of benzene rings is 1. The largest absolute Gasteiger partial charge is 0.280 e. The Kier molecular flexibility index (Phi) is 5.64. The van der Waals surface area contributed by atoms with Crippen LogP contribution in [0.4, 0.5) is 5.69 Å². The van der Waals surface area contributed by atoms with Crippen molar-refractivity contribution in [2.45, 2.75) is 0 Å². The van der Waals surface area contributed by atoms with Gasteiger partial charge in [-0.15, -0.1) is 23.5 Å². The third-order valence-corrected chi connectivity index (χ3v) is 4.13. The Balaban J connectivity index is 3.08. The van der Waals surface area contributed by atoms with Crippen molar-refractivity contribution in [2.75, 3.05) is 12.5 Å². The molecule has 0 unspecified atom stereocenters. The second-order valence-corrected chi connectivity index (χ2v) is 5.27. The van der Waals surface area contributed by atoms with E-state index in [1.54, 1.807) is 12.5 Å². The molecule has 0 saturated carbocycles. The fraction of sp³-hybridized carbons (Fsp3) is 0.200. The first kappa shape index (κ1) is 15.0. The first-order valence-electron chi connectivity index (χ1n) is 4.64. The van der Waals surface area contributed by atoms with Gasteiger partial charge >= 0.3 is 0 Å². The minimum absolute atomic E-state index is 0.0273. The van der Waals surface area contributed by atoms with Crippen molar-refractivity contribution in [3.63, 3.8) is 0 Å². The van der Waals surface area contributed by atoms with Gasteiger partial charge in [-0.1, -0.05) is 11.6 Å². The van der Waals surface area contributed by atoms with Gasteiger partial charge in [0.15, 0.2) is 0 Å². The van der Waals surface area contributed by atoms with Gasteiger partial charge in [0, 0.05) is 12.1 Å². The monoisotopic (exact) mass is 304 g/mol. The molecule has 0 fully saturated rings. The van der Waals surface area contributed by atoms with Crippen LogP contribution in [0.25, 0.3) is 0 Å². The van der Waals surface area contributed by atoms with Crippen LogP contribution in [0.1, 0.15) is 10.4 Å². The van der Waals surface area contributed by atoms with Crippen molar-refractivity contribution in [2.24, 2.45) is 4.99 Å². The summed E-state index contributed by atoms with van der Waals surface area (Å²) in [5.41, 5.74) is -0.00153. The van der Waals surface area contributed by atoms with Gasteiger partial charge in [-0.25, -0.2) is 0 Å². The average Bonchev–Trinajstić information content (AvgIpc) is 2.35. The smallest absolute Gasteiger partial charge is 0.267 e. The van der Waals surface area contributed by atoms with E-state index in [1.807, 2.05) is 0 Å². The Bertz CT molecular complexity index is 514. The van der Waals surface area contributed by atoms with Crippen molar-refractivity contribution in [3.8, 4) is 0 Å². The summed E-state index contributed by atoms with van der Waals surface area (Å²) in [5.74, 6) is -0.506. The van der Waals surface area contributed by atoms with Crippen molar-refractivity contribution in [1.29, 1.82) is 0 Å². The lowest BCUT2D eigenvalue weighted by Crippen LogP contribution is -2.00. The first-order valence-corrected chi connectivity index (χ1v) is 7.47. The molecule has 96 valence electrons. The molecule has 1 aromatic carbocycles. The summed E-state index contributed by atoms with van der Waals surface area (Å²) in [4.78, 5) is 25.6. The van der Waals surface area contributed by atoms with E-state index in [0.29, 0.717) is 4.38 Å². The SMILES string of the molecule is CSC(=NC(=O)c1ccc([N+](=O)[O-])cc1Cl)SC. The molecule has 0 aliphatic heterocycles. The number of carbonyl (C=O) groups excluding carboxylic acids is 1. The van der Waals surface area contributed by atoms with Gasteiger partial charge in [0.2, 0.25) is 0 Å². The number of nitro groups is 1. The van der Waals surface area contributed by atoms with Crippen LogP contribution in [-0.2, 0) is 0 Å². The predicted octanol–water partition coefficient (Wildman–Crippen LogP) is 3.47. The number of nitro benzene ring substituents is 1. The lowest BCUT2D eigenvalue weighted by atomic mass is 10.2. The highest BCUT2D eigenvalue weighted by molar-refractivity contribution is 8.38. The molecule has 1 rings (SSSR count). The predicted molar refractivity (Wildman–Crippen MR) is 76.9 cm³/mol. The van der Waals surface area contributed by atoms with Crippen LogP contribution in [0.15, 0.2) is 23.2 Å². The standard InChI is InChI=1S/C10H9ClN2O3S2/c1-17-10(18-2)12-9(14)7-4-3-6(13(15)16)5-8(7)11/h3-5H,1-2H3. The Morgan fingerprint density at radius 3 is 2.44 bits per heavy atom. The molecule has 18 heavy (non-hydrogen) atoms. The molecule has 1 amide bonds. The Morgan fingerprint density at radius 2 is 2.00 bits per heavy atom. The number of aliphatic imine (C=N–C) groups is 1. The average molecular weight is 305 g/mol. The molecular formula is C10H9ClN2O3S2. The van der Waals surface area contributed by atoms with Crippen LogP contribution in [-0.4, -0.2) is 27.7 Å². The summed E-state index contributed by atoms with van der Waals surface area (Å²) >= 11 is 8.53. The Hall–Kier alpha value is -1.05. The number of rotatable bonds is 2. The van der Waals surface area contributed by atoms with Gasteiger partial charge < -0.3 is 0 Å². The zero-order valence-corrected chi connectivity index (χ0v) is 11.9. The van der Waals surface area contributed by atoms with Crippen molar-refractivity contribution < 1.29 is 9.72 Å². The van der Waals surface area contributed by atoms with E-state index >= 15 is 0 Å². The molecule has 0 radical (unpaired) electrons. The first-order chi connectivity index (χ1) is 8.49. The normalized spacial score (nSPS) is 9.94. The molecule has 0 saturated heterocycles. The van der Waals surface area contributed by atoms with E-state index in [2.05, 4.69) is 4.99 Å². The van der Waals surface area contributed by atoms with Crippen molar-refractivity contribution >= 4 is 51.1 Å². The van der Waals surface area contributed by atoms with E-state index in [-0.39, 0.29) is 16.3 Å². The quantitative estimate of drug-likeness (QED) is 0.362. The number of nitrogens with zero attached hydrogens (tertiary/aromatic N) is 2. The van der Waals surface area contributed by atoms with E-state index in [9.17, 15) is 14.9 Å². The van der Waals surface area contributed by atoms with E-state index in [0.717, 1.165) is 6.07 Å². The molecule has 0 aliphatic carbocycles. The van der Waals surface area contributed by atoms with Gasteiger partial charge in [-0.05, 0) is 18.6 Å². The topological polar surface area (TPSA) is 72.6 Å². The molecule has 0 aromatic heterocycles. The summed E-state index contributed by atoms with van der Waals surface area (Å²) in [7, 11) is 0. The molecule has 0 atom stereocenters. The molecule has 5 nitrogen and oxygen atoms in total. The third-order valence-electron chi connectivity index (χ3n) is 1.94. The van der Waals surface area contributed by atoms with Gasteiger partial charge in [0.25, 0.3) is 11.6 Å². The number of halogens is 1. The van der Waals surface area contributed by atoms with Crippen LogP contribution in [0.3, 0.4) is 0 Å². The minimum atomic E-state index is -0.571. The lowest BCUT2D eigenvalue weighted by Gasteiger charge is -2.01. The van der Waals surface area contributed by atoms with E-state index in [4.69, 9.17) is 11.6 Å². The molecule has 0 N–H and O–H groups in total. The van der Waals surface area contributed by atoms with Gasteiger partial charge in [0.05, 0.1) is 15.5 Å². The molecular weight excluding hydrogens is 296 g/mol. The van der Waals surface area contributed by atoms with Crippen LogP contribution in [0.2, 0.25) is 5.02 Å². The second-order valence-electron chi connectivity index (χ2n) is 3.01. The fourth-order valence-corrected chi connectivity index (χ4v) is 2.38. The number of carbonyl (C=O) groups is 1. The summed E-state index contributed by atoms with van der Waals surface area (Å²) < 4.78 is 0.606. The van der Waals surface area contributed by atoms with Gasteiger partial charge in [-0.3, -0.25) is 14.9 Å². The summed E-state index contributed by atoms with van der Waals surface area (Å²) in [6.07, 6.45) is 3.61. The van der Waals surface area contributed by atoms with Gasteiger partial charge in [0.1, 0.15) is 4.38 Å². The maximum absolute atomic E-state index is 11.8. The fourth-order valence-electron chi connectivity index (χ4n) is 1.11. The number of hydrogen-bond acceptors (Lipinski definition) is 5. The summed E-state index contributed by atoms with van der Waals surface area (Å²) in [6.45, 7) is 0. The summed E-state index contributed by atoms with van der Waals surface area (Å²) in [5, 5.41) is 10.6. The molecule has 0 bridgehead atoms. The highest BCUT2D eigenvalue weighted by Crippen LogP contribution is 2.24. The van der Waals surface area contributed by atoms with Gasteiger partial charge in [-0.2, -0.15) is 4.99 Å². The molecule has 8 heteroatoms. The highest BCUT2D eigenvalue weighted by Gasteiger charge is 2.14. The van der Waals surface area contributed by atoms with Crippen LogP contribution < -0.4 is 0 Å². The van der Waals surface area contributed by atoms with Crippen molar-refractivity contribution in [1.82, 2.24) is 0 Å². The zero-order valence-electron chi connectivity index (χ0n) is 9.55. The molecule has 0 heterocycles. The van der Waals surface area contributed by atoms with E-state index < -0.39 is 10.8 Å². The summed E-state index contributed by atoms with van der Waals surface area (Å²) in [6, 6.07) is 3.68. The Morgan fingerprint density at radius 1 is 1.39 bits per heavy atom. The number of hydrogen-bond donors (Lipinski definition) is 0. The maximum atomic E-state index is 11.8. The second kappa shape index (κ2) is 6.77. The van der Waals surface area contributed by atoms with Crippen LogP contribution >= 0.6 is 35.1 Å². The van der Waals surface area contributed by atoms with E-state index in [1.165, 1.54) is 35.7 Å². The number of thioether (sulfide) groups is 2. The van der Waals surface area contributed by atoms with Crippen LogP contribution in [0.5, 0.6) is 0 Å².